The number of carbonyl (C=O) groups excluding carboxylic acids is 1. The van der Waals surface area contributed by atoms with Crippen molar-refractivity contribution >= 4 is 17.5 Å². The smallest absolute Gasteiger partial charge is 0.223 e. The molecule has 0 aromatic carbocycles. The SMILES string of the molecule is CC(Cl)CNC(=O)C1CCCC(C)C1. The lowest BCUT2D eigenvalue weighted by molar-refractivity contribution is -0.126. The molecule has 0 radical (unpaired) electrons. The van der Waals surface area contributed by atoms with Gasteiger partial charge in [-0.3, -0.25) is 4.79 Å². The highest BCUT2D eigenvalue weighted by atomic mass is 35.5. The van der Waals surface area contributed by atoms with Crippen molar-refractivity contribution in [3.05, 3.63) is 0 Å². The number of alkyl halides is 1. The van der Waals surface area contributed by atoms with E-state index in [9.17, 15) is 4.79 Å². The predicted octanol–water partition coefficient (Wildman–Crippen LogP) is 2.56. The second-order valence-electron chi connectivity index (χ2n) is 4.49. The quantitative estimate of drug-likeness (QED) is 0.724. The normalized spacial score (nSPS) is 29.6. The van der Waals surface area contributed by atoms with Crippen molar-refractivity contribution in [3.8, 4) is 0 Å². The molecule has 3 atom stereocenters. The first-order valence-corrected chi connectivity index (χ1v) is 5.95. The van der Waals surface area contributed by atoms with Crippen LogP contribution in [0, 0.1) is 11.8 Å². The molecule has 3 unspecified atom stereocenters. The third-order valence-corrected chi connectivity index (χ3v) is 3.02. The Kier molecular flexibility index (Phi) is 4.73. The van der Waals surface area contributed by atoms with Crippen LogP contribution in [0.4, 0.5) is 0 Å². The van der Waals surface area contributed by atoms with Crippen LogP contribution in [0.5, 0.6) is 0 Å². The fourth-order valence-electron chi connectivity index (χ4n) is 2.06. The first-order chi connectivity index (χ1) is 6.59. The van der Waals surface area contributed by atoms with Gasteiger partial charge in [-0.25, -0.2) is 0 Å². The zero-order valence-corrected chi connectivity index (χ0v) is 9.81. The number of halogens is 1. The average molecular weight is 218 g/mol. The van der Waals surface area contributed by atoms with Crippen LogP contribution in [0.15, 0.2) is 0 Å². The molecule has 0 saturated heterocycles. The molecule has 0 heterocycles. The van der Waals surface area contributed by atoms with Gasteiger partial charge in [-0.2, -0.15) is 0 Å². The van der Waals surface area contributed by atoms with Gasteiger partial charge in [0, 0.05) is 17.8 Å². The lowest BCUT2D eigenvalue weighted by Gasteiger charge is -2.25. The van der Waals surface area contributed by atoms with Gasteiger partial charge in [0.2, 0.25) is 5.91 Å². The van der Waals surface area contributed by atoms with Crippen molar-refractivity contribution in [2.24, 2.45) is 11.8 Å². The fraction of sp³-hybridized carbons (Fsp3) is 0.909. The summed E-state index contributed by atoms with van der Waals surface area (Å²) in [5.41, 5.74) is 0. The standard InChI is InChI=1S/C11H20ClNO/c1-8-4-3-5-10(6-8)11(14)13-7-9(2)12/h8-10H,3-7H2,1-2H3,(H,13,14). The maximum atomic E-state index is 11.7. The molecule has 1 aliphatic rings. The Hall–Kier alpha value is -0.240. The Morgan fingerprint density at radius 2 is 2.29 bits per heavy atom. The van der Waals surface area contributed by atoms with Crippen molar-refractivity contribution < 1.29 is 4.79 Å². The van der Waals surface area contributed by atoms with Crippen molar-refractivity contribution in [2.45, 2.75) is 44.9 Å². The van der Waals surface area contributed by atoms with Crippen LogP contribution in [0.2, 0.25) is 0 Å². The van der Waals surface area contributed by atoms with E-state index in [2.05, 4.69) is 12.2 Å². The second kappa shape index (κ2) is 5.59. The van der Waals surface area contributed by atoms with Gasteiger partial charge in [-0.1, -0.05) is 19.8 Å². The maximum absolute atomic E-state index is 11.7. The molecule has 1 rings (SSSR count). The molecule has 2 nitrogen and oxygen atoms in total. The van der Waals surface area contributed by atoms with Crippen LogP contribution in [-0.4, -0.2) is 17.8 Å². The van der Waals surface area contributed by atoms with Gasteiger partial charge in [0.05, 0.1) is 0 Å². The lowest BCUT2D eigenvalue weighted by atomic mass is 9.82. The molecule has 1 N–H and O–H groups in total. The molecule has 82 valence electrons. The molecule has 0 aromatic heterocycles. The van der Waals surface area contributed by atoms with E-state index >= 15 is 0 Å². The summed E-state index contributed by atoms with van der Waals surface area (Å²) in [6.07, 6.45) is 4.56. The molecule has 14 heavy (non-hydrogen) atoms. The number of amides is 1. The monoisotopic (exact) mass is 217 g/mol. The number of carbonyl (C=O) groups is 1. The van der Waals surface area contributed by atoms with Crippen LogP contribution < -0.4 is 5.32 Å². The molecule has 0 spiro atoms. The van der Waals surface area contributed by atoms with E-state index < -0.39 is 0 Å². The topological polar surface area (TPSA) is 29.1 Å². The molecule has 0 aromatic rings. The molecule has 1 saturated carbocycles. The minimum absolute atomic E-state index is 0.0277. The fourth-order valence-corrected chi connectivity index (χ4v) is 2.13. The summed E-state index contributed by atoms with van der Waals surface area (Å²) in [6.45, 7) is 4.71. The van der Waals surface area contributed by atoms with Gasteiger partial charge in [0.25, 0.3) is 0 Å². The molecular formula is C11H20ClNO. The van der Waals surface area contributed by atoms with E-state index in [0.29, 0.717) is 12.5 Å². The van der Waals surface area contributed by atoms with Gasteiger partial charge < -0.3 is 5.32 Å². The van der Waals surface area contributed by atoms with E-state index in [1.54, 1.807) is 0 Å². The second-order valence-corrected chi connectivity index (χ2v) is 5.24. The van der Waals surface area contributed by atoms with Crippen molar-refractivity contribution in [2.75, 3.05) is 6.54 Å². The summed E-state index contributed by atoms with van der Waals surface area (Å²) in [6, 6.07) is 0. The highest BCUT2D eigenvalue weighted by molar-refractivity contribution is 6.20. The van der Waals surface area contributed by atoms with Crippen molar-refractivity contribution in [1.29, 1.82) is 0 Å². The third-order valence-electron chi connectivity index (χ3n) is 2.86. The van der Waals surface area contributed by atoms with E-state index in [1.807, 2.05) is 6.92 Å². The third kappa shape index (κ3) is 3.87. The maximum Gasteiger partial charge on any atom is 0.223 e. The highest BCUT2D eigenvalue weighted by Crippen LogP contribution is 2.28. The molecule has 0 bridgehead atoms. The zero-order valence-electron chi connectivity index (χ0n) is 9.05. The molecule has 1 fully saturated rings. The number of hydrogen-bond donors (Lipinski definition) is 1. The number of hydrogen-bond acceptors (Lipinski definition) is 1. The Morgan fingerprint density at radius 1 is 1.57 bits per heavy atom. The highest BCUT2D eigenvalue weighted by Gasteiger charge is 2.24. The Balaban J connectivity index is 2.29. The van der Waals surface area contributed by atoms with Crippen LogP contribution >= 0.6 is 11.6 Å². The zero-order chi connectivity index (χ0) is 10.6. The Labute approximate surface area is 91.4 Å². The number of rotatable bonds is 3. The first-order valence-electron chi connectivity index (χ1n) is 5.51. The average Bonchev–Trinajstić information content (AvgIpc) is 2.14. The minimum atomic E-state index is 0.0277. The molecule has 3 heteroatoms. The summed E-state index contributed by atoms with van der Waals surface area (Å²) in [7, 11) is 0. The van der Waals surface area contributed by atoms with Gasteiger partial charge in [-0.15, -0.1) is 11.6 Å². The van der Waals surface area contributed by atoms with E-state index in [0.717, 1.165) is 12.8 Å². The molecular weight excluding hydrogens is 198 g/mol. The summed E-state index contributed by atoms with van der Waals surface area (Å²) in [5.74, 6) is 1.13. The van der Waals surface area contributed by atoms with E-state index in [-0.39, 0.29) is 17.2 Å². The Morgan fingerprint density at radius 3 is 2.86 bits per heavy atom. The first kappa shape index (κ1) is 11.8. The number of nitrogens with one attached hydrogen (secondary N) is 1. The Bertz CT molecular complexity index is 194. The molecule has 1 amide bonds. The van der Waals surface area contributed by atoms with Gasteiger partial charge >= 0.3 is 0 Å². The molecule has 1 aliphatic carbocycles. The van der Waals surface area contributed by atoms with E-state index in [1.165, 1.54) is 12.8 Å². The minimum Gasteiger partial charge on any atom is -0.354 e. The van der Waals surface area contributed by atoms with Crippen LogP contribution in [0.25, 0.3) is 0 Å². The predicted molar refractivity (Wildman–Crippen MR) is 59.4 cm³/mol. The summed E-state index contributed by atoms with van der Waals surface area (Å²) in [5, 5.41) is 2.93. The summed E-state index contributed by atoms with van der Waals surface area (Å²) >= 11 is 5.77. The van der Waals surface area contributed by atoms with Crippen molar-refractivity contribution in [3.63, 3.8) is 0 Å². The summed E-state index contributed by atoms with van der Waals surface area (Å²) in [4.78, 5) is 11.7. The largest absolute Gasteiger partial charge is 0.354 e. The van der Waals surface area contributed by atoms with Gasteiger partial charge in [0.1, 0.15) is 0 Å². The van der Waals surface area contributed by atoms with E-state index in [4.69, 9.17) is 11.6 Å². The van der Waals surface area contributed by atoms with Gasteiger partial charge in [0.15, 0.2) is 0 Å². The van der Waals surface area contributed by atoms with Crippen LogP contribution in [0.3, 0.4) is 0 Å². The summed E-state index contributed by atoms with van der Waals surface area (Å²) < 4.78 is 0. The van der Waals surface area contributed by atoms with Gasteiger partial charge in [-0.05, 0) is 25.7 Å². The van der Waals surface area contributed by atoms with Crippen LogP contribution in [0.1, 0.15) is 39.5 Å². The van der Waals surface area contributed by atoms with Crippen molar-refractivity contribution in [1.82, 2.24) is 5.32 Å². The van der Waals surface area contributed by atoms with Crippen LogP contribution in [-0.2, 0) is 4.79 Å². The lowest BCUT2D eigenvalue weighted by Crippen LogP contribution is -2.36. The molecule has 0 aliphatic heterocycles.